The van der Waals surface area contributed by atoms with Gasteiger partial charge in [0.1, 0.15) is 6.04 Å². The molecule has 0 N–H and O–H groups in total. The molecule has 0 fully saturated rings. The molecular weight excluding hydrogens is 318 g/mol. The van der Waals surface area contributed by atoms with Gasteiger partial charge in [-0.25, -0.2) is 0 Å². The van der Waals surface area contributed by atoms with Crippen LogP contribution in [0.3, 0.4) is 0 Å². The smallest absolute Gasteiger partial charge is 0.324 e. The molecule has 0 aliphatic rings. The van der Waals surface area contributed by atoms with Gasteiger partial charge in [-0.15, -0.1) is 0 Å². The summed E-state index contributed by atoms with van der Waals surface area (Å²) in [6.07, 6.45) is 3.59. The first-order chi connectivity index (χ1) is 11.7. The normalized spacial score (nSPS) is 14.2. The molecule has 0 heterocycles. The number of esters is 2. The number of unbranched alkanes of at least 4 members (excludes halogenated alkanes) is 2. The van der Waals surface area contributed by atoms with Crippen LogP contribution in [-0.4, -0.2) is 49.2 Å². The summed E-state index contributed by atoms with van der Waals surface area (Å²) >= 11 is 0. The highest BCUT2D eigenvalue weighted by atomic mass is 16.5. The Morgan fingerprint density at radius 2 is 1.28 bits per heavy atom. The molecule has 25 heavy (non-hydrogen) atoms. The Morgan fingerprint density at radius 1 is 0.840 bits per heavy atom. The molecule has 0 amide bonds. The van der Waals surface area contributed by atoms with E-state index in [1.165, 1.54) is 0 Å². The summed E-state index contributed by atoms with van der Waals surface area (Å²) in [5.41, 5.74) is -0.402. The number of hydrogen-bond acceptors (Lipinski definition) is 5. The van der Waals surface area contributed by atoms with Crippen molar-refractivity contribution in [1.82, 2.24) is 4.90 Å². The second-order valence-corrected chi connectivity index (χ2v) is 7.55. The van der Waals surface area contributed by atoms with E-state index in [1.54, 1.807) is 0 Å². The summed E-state index contributed by atoms with van der Waals surface area (Å²) in [7, 11) is 0. The third-order valence-electron chi connectivity index (χ3n) is 4.43. The molecule has 0 radical (unpaired) electrons. The van der Waals surface area contributed by atoms with Crippen molar-refractivity contribution in [3.8, 4) is 0 Å². The Morgan fingerprint density at radius 3 is 1.64 bits per heavy atom. The Kier molecular flexibility index (Phi) is 11.7. The number of hydrogen-bond donors (Lipinski definition) is 0. The average Bonchev–Trinajstić information content (AvgIpc) is 2.54. The van der Waals surface area contributed by atoms with Gasteiger partial charge in [0.15, 0.2) is 0 Å². The van der Waals surface area contributed by atoms with E-state index in [0.717, 1.165) is 25.7 Å². The second kappa shape index (κ2) is 12.3. The predicted molar refractivity (Wildman–Crippen MR) is 101 cm³/mol. The molecule has 0 aromatic carbocycles. The molecule has 0 spiro atoms. The van der Waals surface area contributed by atoms with E-state index >= 15 is 0 Å². The lowest BCUT2D eigenvalue weighted by molar-refractivity contribution is -0.167. The van der Waals surface area contributed by atoms with Gasteiger partial charge in [-0.1, -0.05) is 61.3 Å². The molecule has 0 saturated carbocycles. The topological polar surface area (TPSA) is 55.8 Å². The van der Waals surface area contributed by atoms with Crippen LogP contribution >= 0.6 is 0 Å². The van der Waals surface area contributed by atoms with E-state index in [9.17, 15) is 9.59 Å². The molecule has 0 aliphatic heterocycles. The highest BCUT2D eigenvalue weighted by molar-refractivity contribution is 5.85. The fraction of sp³-hybridized carbons (Fsp3) is 0.900. The molecule has 0 aromatic heterocycles. The van der Waals surface area contributed by atoms with Gasteiger partial charge in [0.25, 0.3) is 0 Å². The zero-order valence-electron chi connectivity index (χ0n) is 17.4. The van der Waals surface area contributed by atoms with E-state index in [1.807, 2.05) is 39.5 Å². The van der Waals surface area contributed by atoms with E-state index in [0.29, 0.717) is 26.3 Å². The summed E-state index contributed by atoms with van der Waals surface area (Å²) in [5.74, 6) is -1.17. The van der Waals surface area contributed by atoms with Crippen molar-refractivity contribution >= 4 is 11.9 Å². The fourth-order valence-corrected chi connectivity index (χ4v) is 2.88. The van der Waals surface area contributed by atoms with Gasteiger partial charge in [-0.3, -0.25) is 14.5 Å². The quantitative estimate of drug-likeness (QED) is 0.390. The van der Waals surface area contributed by atoms with Crippen molar-refractivity contribution in [3.05, 3.63) is 0 Å². The van der Waals surface area contributed by atoms with Gasteiger partial charge in [-0.05, 0) is 31.3 Å². The van der Waals surface area contributed by atoms with Gasteiger partial charge in [0.2, 0.25) is 0 Å². The number of rotatable bonds is 12. The van der Waals surface area contributed by atoms with Crippen molar-refractivity contribution in [2.45, 2.75) is 80.2 Å². The number of nitrogens with zero attached hydrogens (tertiary/aromatic N) is 1. The maximum absolute atomic E-state index is 12.8. The van der Waals surface area contributed by atoms with Crippen LogP contribution in [0.5, 0.6) is 0 Å². The lowest BCUT2D eigenvalue weighted by Crippen LogP contribution is -2.54. The van der Waals surface area contributed by atoms with E-state index in [2.05, 4.69) is 13.8 Å². The van der Waals surface area contributed by atoms with Crippen molar-refractivity contribution < 1.29 is 19.1 Å². The largest absolute Gasteiger partial charge is 0.465 e. The first-order valence-corrected chi connectivity index (χ1v) is 9.81. The van der Waals surface area contributed by atoms with Gasteiger partial charge < -0.3 is 9.47 Å². The minimum atomic E-state index is -0.610. The number of ether oxygens (including phenoxy) is 2. The summed E-state index contributed by atoms with van der Waals surface area (Å²) in [6.45, 7) is 16.2. The standard InChI is InChI=1S/C20H39NO4/c1-8-12-14-24-18(22)16(20(5,6)7)17(21(10-3)11-4)19(23)25-15-13-9-2/h16-17H,8-15H2,1-7H3. The summed E-state index contributed by atoms with van der Waals surface area (Å²) < 4.78 is 11.0. The monoisotopic (exact) mass is 357 g/mol. The Bertz CT molecular complexity index is 386. The van der Waals surface area contributed by atoms with Gasteiger partial charge >= 0.3 is 11.9 Å². The fourth-order valence-electron chi connectivity index (χ4n) is 2.88. The van der Waals surface area contributed by atoms with Gasteiger partial charge in [-0.2, -0.15) is 0 Å². The van der Waals surface area contributed by atoms with Crippen LogP contribution in [0.2, 0.25) is 0 Å². The van der Waals surface area contributed by atoms with E-state index < -0.39 is 17.4 Å². The maximum Gasteiger partial charge on any atom is 0.324 e. The van der Waals surface area contributed by atoms with Crippen molar-refractivity contribution in [2.24, 2.45) is 11.3 Å². The van der Waals surface area contributed by atoms with E-state index in [-0.39, 0.29) is 11.9 Å². The Hall–Kier alpha value is -1.10. The Labute approximate surface area is 154 Å². The van der Waals surface area contributed by atoms with Crippen LogP contribution in [0.25, 0.3) is 0 Å². The van der Waals surface area contributed by atoms with E-state index in [4.69, 9.17) is 9.47 Å². The van der Waals surface area contributed by atoms with Gasteiger partial charge in [0, 0.05) is 0 Å². The first kappa shape index (κ1) is 23.9. The van der Waals surface area contributed by atoms with Crippen LogP contribution in [0.1, 0.15) is 74.1 Å². The molecule has 0 aliphatic carbocycles. The van der Waals surface area contributed by atoms with Crippen LogP contribution in [-0.2, 0) is 19.1 Å². The third kappa shape index (κ3) is 8.21. The van der Waals surface area contributed by atoms with Crippen molar-refractivity contribution in [3.63, 3.8) is 0 Å². The zero-order chi connectivity index (χ0) is 19.5. The Balaban J connectivity index is 5.51. The number of likely N-dealkylation sites (N-methyl/N-ethyl adjacent to an activating group) is 1. The van der Waals surface area contributed by atoms with Crippen molar-refractivity contribution in [1.29, 1.82) is 0 Å². The minimum Gasteiger partial charge on any atom is -0.465 e. The highest BCUT2D eigenvalue weighted by Crippen LogP contribution is 2.33. The maximum atomic E-state index is 12.8. The number of carbonyl (C=O) groups is 2. The molecular formula is C20H39NO4. The lowest BCUT2D eigenvalue weighted by atomic mass is 9.75. The molecule has 5 nitrogen and oxygen atoms in total. The van der Waals surface area contributed by atoms with Crippen LogP contribution in [0, 0.1) is 11.3 Å². The molecule has 5 heteroatoms. The lowest BCUT2D eigenvalue weighted by Gasteiger charge is -2.39. The molecule has 0 saturated heterocycles. The predicted octanol–water partition coefficient (Wildman–Crippen LogP) is 4.05. The molecule has 148 valence electrons. The SMILES string of the molecule is CCCCOC(=O)C(C(C(=O)OCCCC)C(C)(C)C)N(CC)CC. The molecule has 2 unspecified atom stereocenters. The second-order valence-electron chi connectivity index (χ2n) is 7.55. The highest BCUT2D eigenvalue weighted by Gasteiger charge is 2.46. The molecule has 0 aromatic rings. The van der Waals surface area contributed by atoms with Crippen LogP contribution in [0.4, 0.5) is 0 Å². The molecule has 2 atom stereocenters. The third-order valence-corrected chi connectivity index (χ3v) is 4.43. The summed E-state index contributed by atoms with van der Waals surface area (Å²) in [6, 6.07) is -0.610. The number of carbonyl (C=O) groups excluding carboxylic acids is 2. The average molecular weight is 358 g/mol. The molecule has 0 rings (SSSR count). The summed E-state index contributed by atoms with van der Waals surface area (Å²) in [5, 5.41) is 0. The molecule has 0 bridgehead atoms. The van der Waals surface area contributed by atoms with Gasteiger partial charge in [0.05, 0.1) is 19.1 Å². The van der Waals surface area contributed by atoms with Crippen LogP contribution < -0.4 is 0 Å². The zero-order valence-corrected chi connectivity index (χ0v) is 17.4. The summed E-state index contributed by atoms with van der Waals surface area (Å²) in [4.78, 5) is 27.7. The minimum absolute atomic E-state index is 0.301. The first-order valence-electron chi connectivity index (χ1n) is 9.81. The van der Waals surface area contributed by atoms with Crippen LogP contribution in [0.15, 0.2) is 0 Å². The van der Waals surface area contributed by atoms with Crippen molar-refractivity contribution in [2.75, 3.05) is 26.3 Å².